The molecule has 3 rings (SSSR count). The molecule has 0 spiro atoms. The van der Waals surface area contributed by atoms with Gasteiger partial charge in [0, 0.05) is 25.2 Å². The molecule has 110 valence electrons. The molecule has 1 fully saturated rings. The lowest BCUT2D eigenvalue weighted by molar-refractivity contribution is 0.222. The summed E-state index contributed by atoms with van der Waals surface area (Å²) in [6.45, 7) is 1.95. The van der Waals surface area contributed by atoms with Crippen LogP contribution in [0, 0.1) is 0 Å². The summed E-state index contributed by atoms with van der Waals surface area (Å²) in [5.41, 5.74) is 6.97. The number of urea groups is 1. The summed E-state index contributed by atoms with van der Waals surface area (Å²) in [7, 11) is 0. The molecular weight excluding hydrogens is 266 g/mol. The Kier molecular flexibility index (Phi) is 3.87. The second-order valence-corrected chi connectivity index (χ2v) is 5.28. The fourth-order valence-corrected chi connectivity index (χ4v) is 2.48. The first-order valence-corrected chi connectivity index (χ1v) is 7.09. The van der Waals surface area contributed by atoms with Gasteiger partial charge < -0.3 is 10.6 Å². The van der Waals surface area contributed by atoms with Crippen LogP contribution in [0.2, 0.25) is 0 Å². The average molecular weight is 285 g/mol. The van der Waals surface area contributed by atoms with Crippen molar-refractivity contribution in [1.82, 2.24) is 14.7 Å². The maximum Gasteiger partial charge on any atom is 0.323 e. The van der Waals surface area contributed by atoms with Crippen molar-refractivity contribution >= 4 is 11.8 Å². The number of benzene rings is 1. The highest BCUT2D eigenvalue weighted by atomic mass is 16.2. The number of anilines is 1. The molecule has 0 bridgehead atoms. The van der Waals surface area contributed by atoms with E-state index in [1.807, 2.05) is 30.3 Å². The van der Waals surface area contributed by atoms with Crippen molar-refractivity contribution in [3.05, 3.63) is 48.2 Å². The Morgan fingerprint density at radius 3 is 2.86 bits per heavy atom. The molecule has 1 atom stereocenters. The van der Waals surface area contributed by atoms with E-state index in [-0.39, 0.29) is 12.1 Å². The third kappa shape index (κ3) is 3.22. The molecule has 6 nitrogen and oxygen atoms in total. The topological polar surface area (TPSA) is 76.2 Å². The maximum absolute atomic E-state index is 12.2. The maximum atomic E-state index is 12.2. The Balaban J connectivity index is 1.67. The van der Waals surface area contributed by atoms with Crippen LogP contribution >= 0.6 is 0 Å². The van der Waals surface area contributed by atoms with Crippen LogP contribution in [0.3, 0.4) is 0 Å². The Morgan fingerprint density at radius 2 is 2.14 bits per heavy atom. The number of hydrogen-bond donors (Lipinski definition) is 2. The highest BCUT2D eigenvalue weighted by Crippen LogP contribution is 2.13. The first-order chi connectivity index (χ1) is 10.2. The van der Waals surface area contributed by atoms with Gasteiger partial charge in [0.05, 0.1) is 12.7 Å². The van der Waals surface area contributed by atoms with Gasteiger partial charge in [0.25, 0.3) is 0 Å². The molecule has 6 heteroatoms. The van der Waals surface area contributed by atoms with Crippen molar-refractivity contribution in [2.75, 3.05) is 18.4 Å². The van der Waals surface area contributed by atoms with Crippen LogP contribution in [0.25, 0.3) is 0 Å². The molecule has 1 aromatic carbocycles. The number of nitrogens with one attached hydrogen (secondary N) is 1. The number of likely N-dealkylation sites (tertiary alicyclic amines) is 1. The summed E-state index contributed by atoms with van der Waals surface area (Å²) in [5, 5.41) is 7.17. The summed E-state index contributed by atoms with van der Waals surface area (Å²) in [6, 6.07) is 11.8. The quantitative estimate of drug-likeness (QED) is 0.897. The van der Waals surface area contributed by atoms with E-state index in [1.54, 1.807) is 21.8 Å². The number of amides is 2. The van der Waals surface area contributed by atoms with Crippen LogP contribution in [0.1, 0.15) is 12.0 Å². The van der Waals surface area contributed by atoms with Gasteiger partial charge >= 0.3 is 6.03 Å². The summed E-state index contributed by atoms with van der Waals surface area (Å²) >= 11 is 0. The number of rotatable bonds is 3. The number of carbonyl (C=O) groups excluding carboxylic acids is 1. The Bertz CT molecular complexity index is 610. The van der Waals surface area contributed by atoms with Gasteiger partial charge in [-0.25, -0.2) is 9.48 Å². The van der Waals surface area contributed by atoms with Crippen molar-refractivity contribution < 1.29 is 4.79 Å². The Morgan fingerprint density at radius 1 is 1.33 bits per heavy atom. The monoisotopic (exact) mass is 285 g/mol. The minimum absolute atomic E-state index is 0.0879. The van der Waals surface area contributed by atoms with Crippen LogP contribution < -0.4 is 11.1 Å². The predicted octanol–water partition coefficient (Wildman–Crippen LogP) is 1.50. The lowest BCUT2D eigenvalue weighted by Crippen LogP contribution is -2.35. The number of aromatic nitrogens is 2. The van der Waals surface area contributed by atoms with E-state index in [4.69, 9.17) is 5.73 Å². The van der Waals surface area contributed by atoms with E-state index in [0.29, 0.717) is 25.5 Å². The second-order valence-electron chi connectivity index (χ2n) is 5.28. The SMILES string of the molecule is NC1CCN(C(=O)Nc2ccnn2Cc2ccccc2)C1. The predicted molar refractivity (Wildman–Crippen MR) is 81.0 cm³/mol. The second kappa shape index (κ2) is 5.97. The summed E-state index contributed by atoms with van der Waals surface area (Å²) < 4.78 is 1.78. The zero-order chi connectivity index (χ0) is 14.7. The van der Waals surface area contributed by atoms with Gasteiger partial charge in [0.2, 0.25) is 0 Å². The minimum Gasteiger partial charge on any atom is -0.326 e. The minimum atomic E-state index is -0.113. The van der Waals surface area contributed by atoms with E-state index in [1.165, 1.54) is 0 Å². The molecule has 2 aromatic rings. The fourth-order valence-electron chi connectivity index (χ4n) is 2.48. The van der Waals surface area contributed by atoms with Gasteiger partial charge in [-0.05, 0) is 12.0 Å². The first kappa shape index (κ1) is 13.6. The van der Waals surface area contributed by atoms with Crippen LogP contribution in [-0.2, 0) is 6.54 Å². The van der Waals surface area contributed by atoms with Crippen LogP contribution in [-0.4, -0.2) is 39.8 Å². The third-order valence-electron chi connectivity index (χ3n) is 3.64. The van der Waals surface area contributed by atoms with E-state index in [0.717, 1.165) is 12.0 Å². The molecule has 2 amide bonds. The Hall–Kier alpha value is -2.34. The molecular formula is C15H19N5O. The molecule has 21 heavy (non-hydrogen) atoms. The molecule has 0 aliphatic carbocycles. The number of carbonyl (C=O) groups is 1. The van der Waals surface area contributed by atoms with Gasteiger partial charge in [-0.2, -0.15) is 5.10 Å². The van der Waals surface area contributed by atoms with Gasteiger partial charge in [-0.3, -0.25) is 5.32 Å². The smallest absolute Gasteiger partial charge is 0.323 e. The molecule has 1 saturated heterocycles. The molecule has 3 N–H and O–H groups in total. The lowest BCUT2D eigenvalue weighted by atomic mass is 10.2. The van der Waals surface area contributed by atoms with Crippen LogP contribution in [0.15, 0.2) is 42.6 Å². The van der Waals surface area contributed by atoms with Crippen LogP contribution in [0.4, 0.5) is 10.6 Å². The van der Waals surface area contributed by atoms with Crippen molar-refractivity contribution in [2.45, 2.75) is 19.0 Å². The molecule has 2 heterocycles. The van der Waals surface area contributed by atoms with Crippen molar-refractivity contribution in [3.63, 3.8) is 0 Å². The molecule has 1 unspecified atom stereocenters. The molecule has 1 aromatic heterocycles. The van der Waals surface area contributed by atoms with Gasteiger partial charge in [0.1, 0.15) is 5.82 Å². The molecule has 0 saturated carbocycles. The number of hydrogen-bond acceptors (Lipinski definition) is 3. The van der Waals surface area contributed by atoms with E-state index >= 15 is 0 Å². The number of nitrogens with two attached hydrogens (primary N) is 1. The molecule has 0 radical (unpaired) electrons. The third-order valence-corrected chi connectivity index (χ3v) is 3.64. The average Bonchev–Trinajstić information content (AvgIpc) is 3.10. The van der Waals surface area contributed by atoms with E-state index < -0.39 is 0 Å². The summed E-state index contributed by atoms with van der Waals surface area (Å²) in [6.07, 6.45) is 2.55. The Labute approximate surface area is 123 Å². The van der Waals surface area contributed by atoms with Crippen molar-refractivity contribution in [3.8, 4) is 0 Å². The van der Waals surface area contributed by atoms with E-state index in [2.05, 4.69) is 10.4 Å². The molecule has 1 aliphatic rings. The van der Waals surface area contributed by atoms with Gasteiger partial charge in [0.15, 0.2) is 0 Å². The van der Waals surface area contributed by atoms with Gasteiger partial charge in [-0.15, -0.1) is 0 Å². The zero-order valence-electron chi connectivity index (χ0n) is 11.8. The van der Waals surface area contributed by atoms with Crippen LogP contribution in [0.5, 0.6) is 0 Å². The fraction of sp³-hybridized carbons (Fsp3) is 0.333. The van der Waals surface area contributed by atoms with Crippen molar-refractivity contribution in [1.29, 1.82) is 0 Å². The normalized spacial score (nSPS) is 18.0. The summed E-state index contributed by atoms with van der Waals surface area (Å²) in [4.78, 5) is 13.9. The highest BCUT2D eigenvalue weighted by molar-refractivity contribution is 5.88. The molecule has 1 aliphatic heterocycles. The van der Waals surface area contributed by atoms with Crippen molar-refractivity contribution in [2.24, 2.45) is 5.73 Å². The van der Waals surface area contributed by atoms with E-state index in [9.17, 15) is 4.79 Å². The first-order valence-electron chi connectivity index (χ1n) is 7.09. The standard InChI is InChI=1S/C15H19N5O/c16-13-7-9-19(11-13)15(21)18-14-6-8-17-20(14)10-12-4-2-1-3-5-12/h1-6,8,13H,7,9-11,16H2,(H,18,21). The zero-order valence-corrected chi connectivity index (χ0v) is 11.8. The highest BCUT2D eigenvalue weighted by Gasteiger charge is 2.24. The van der Waals surface area contributed by atoms with Gasteiger partial charge in [-0.1, -0.05) is 30.3 Å². The summed E-state index contributed by atoms with van der Waals surface area (Å²) in [5.74, 6) is 0.698. The lowest BCUT2D eigenvalue weighted by Gasteiger charge is -2.17. The largest absolute Gasteiger partial charge is 0.326 e. The number of nitrogens with zero attached hydrogens (tertiary/aromatic N) is 3.